The number of carbonyl (C=O) groups is 1. The molecule has 2 fully saturated rings. The highest BCUT2D eigenvalue weighted by molar-refractivity contribution is 7.13. The molecule has 10 heteroatoms. The third-order valence-electron chi connectivity index (χ3n) is 5.69. The van der Waals surface area contributed by atoms with Crippen LogP contribution in [0.2, 0.25) is 0 Å². The summed E-state index contributed by atoms with van der Waals surface area (Å²) in [4.78, 5) is 29.6. The highest BCUT2D eigenvalue weighted by Crippen LogP contribution is 2.25. The normalized spacial score (nSPS) is 17.3. The van der Waals surface area contributed by atoms with Crippen LogP contribution in [0.5, 0.6) is 0 Å². The topological polar surface area (TPSA) is 79.6 Å². The van der Waals surface area contributed by atoms with Crippen LogP contribution in [0.4, 0.5) is 11.8 Å². The first-order valence-electron chi connectivity index (χ1n) is 10.5. The van der Waals surface area contributed by atoms with E-state index in [9.17, 15) is 4.79 Å². The average molecular weight is 440 g/mol. The molecule has 0 unspecified atom stereocenters. The van der Waals surface area contributed by atoms with Gasteiger partial charge in [-0.05, 0) is 23.6 Å². The number of anilines is 2. The van der Waals surface area contributed by atoms with Crippen LogP contribution in [-0.4, -0.2) is 83.0 Å². The summed E-state index contributed by atoms with van der Waals surface area (Å²) in [6.07, 6.45) is 1.81. The van der Waals surface area contributed by atoms with Crippen molar-refractivity contribution in [2.45, 2.75) is 0 Å². The van der Waals surface area contributed by atoms with E-state index in [0.717, 1.165) is 48.5 Å². The minimum atomic E-state index is 0.0224. The summed E-state index contributed by atoms with van der Waals surface area (Å²) < 4.78 is 7.10. The van der Waals surface area contributed by atoms with Gasteiger partial charge in [0.05, 0.1) is 18.1 Å². The Morgan fingerprint density at radius 3 is 2.61 bits per heavy atom. The first-order valence-corrected chi connectivity index (χ1v) is 11.3. The van der Waals surface area contributed by atoms with Gasteiger partial charge < -0.3 is 19.4 Å². The van der Waals surface area contributed by atoms with Crippen molar-refractivity contribution >= 4 is 29.0 Å². The van der Waals surface area contributed by atoms with Gasteiger partial charge in [-0.2, -0.15) is 10.1 Å². The second-order valence-electron chi connectivity index (χ2n) is 7.61. The molecular formula is C21H25N7O2S. The zero-order valence-corrected chi connectivity index (χ0v) is 18.3. The van der Waals surface area contributed by atoms with Crippen LogP contribution in [-0.2, 0) is 11.8 Å². The van der Waals surface area contributed by atoms with Crippen LogP contribution in [0.1, 0.15) is 10.5 Å². The van der Waals surface area contributed by atoms with Gasteiger partial charge in [-0.15, -0.1) is 11.3 Å². The maximum Gasteiger partial charge on any atom is 0.272 e. The molecule has 2 aliphatic heterocycles. The largest absolute Gasteiger partial charge is 0.378 e. The summed E-state index contributed by atoms with van der Waals surface area (Å²) in [6.45, 7) is 5.80. The quantitative estimate of drug-likeness (QED) is 0.613. The van der Waals surface area contributed by atoms with Crippen LogP contribution in [0.25, 0.3) is 10.6 Å². The SMILES string of the molecule is Cn1nc(-c2cccs2)cc1C(=O)N1CCN(c2ccnc(N3CCOCC3)n2)CC1. The second-order valence-corrected chi connectivity index (χ2v) is 8.56. The van der Waals surface area contributed by atoms with Gasteiger partial charge in [-0.25, -0.2) is 4.98 Å². The summed E-state index contributed by atoms with van der Waals surface area (Å²) in [7, 11) is 1.83. The van der Waals surface area contributed by atoms with Crippen molar-refractivity contribution in [2.24, 2.45) is 7.05 Å². The van der Waals surface area contributed by atoms with Crippen molar-refractivity contribution in [2.75, 3.05) is 62.3 Å². The third kappa shape index (κ3) is 4.13. The number of hydrogen-bond acceptors (Lipinski definition) is 8. The molecule has 2 aliphatic rings. The Balaban J connectivity index is 1.24. The number of amides is 1. The summed E-state index contributed by atoms with van der Waals surface area (Å²) in [5, 5.41) is 6.54. The van der Waals surface area contributed by atoms with Gasteiger partial charge in [0.2, 0.25) is 5.95 Å². The van der Waals surface area contributed by atoms with E-state index in [1.54, 1.807) is 16.0 Å². The molecule has 0 N–H and O–H groups in total. The van der Waals surface area contributed by atoms with Crippen LogP contribution in [0.15, 0.2) is 35.8 Å². The zero-order valence-electron chi connectivity index (χ0n) is 17.5. The molecule has 0 spiro atoms. The number of piperazine rings is 1. The molecule has 1 amide bonds. The predicted molar refractivity (Wildman–Crippen MR) is 120 cm³/mol. The Kier molecular flexibility index (Phi) is 5.56. The van der Waals surface area contributed by atoms with Gasteiger partial charge in [-0.3, -0.25) is 9.48 Å². The summed E-state index contributed by atoms with van der Waals surface area (Å²) in [5.41, 5.74) is 1.46. The number of rotatable bonds is 4. The molecule has 0 saturated carbocycles. The molecule has 2 saturated heterocycles. The van der Waals surface area contributed by atoms with Gasteiger partial charge in [0, 0.05) is 52.5 Å². The number of ether oxygens (including phenoxy) is 1. The van der Waals surface area contributed by atoms with E-state index in [1.807, 2.05) is 47.8 Å². The molecule has 162 valence electrons. The minimum Gasteiger partial charge on any atom is -0.378 e. The van der Waals surface area contributed by atoms with Crippen LogP contribution >= 0.6 is 11.3 Å². The highest BCUT2D eigenvalue weighted by Gasteiger charge is 2.26. The number of aryl methyl sites for hydroxylation is 1. The predicted octanol–water partition coefficient (Wildman–Crippen LogP) is 1.74. The molecule has 0 bridgehead atoms. The molecule has 0 radical (unpaired) electrons. The van der Waals surface area contributed by atoms with E-state index in [1.165, 1.54) is 0 Å². The lowest BCUT2D eigenvalue weighted by Gasteiger charge is -2.35. The molecule has 31 heavy (non-hydrogen) atoms. The van der Waals surface area contributed by atoms with E-state index in [2.05, 4.69) is 19.9 Å². The maximum absolute atomic E-state index is 13.1. The second kappa shape index (κ2) is 8.64. The van der Waals surface area contributed by atoms with Gasteiger partial charge >= 0.3 is 0 Å². The van der Waals surface area contributed by atoms with Crippen molar-refractivity contribution in [1.82, 2.24) is 24.6 Å². The van der Waals surface area contributed by atoms with Crippen LogP contribution in [0.3, 0.4) is 0 Å². The number of hydrogen-bond donors (Lipinski definition) is 0. The Hall–Kier alpha value is -2.98. The Morgan fingerprint density at radius 1 is 1.06 bits per heavy atom. The Bertz CT molecular complexity index is 1040. The maximum atomic E-state index is 13.1. The molecule has 9 nitrogen and oxygen atoms in total. The number of thiophene rings is 1. The fourth-order valence-electron chi connectivity index (χ4n) is 3.94. The standard InChI is InChI=1S/C21H25N7O2S/c1-25-17(15-16(24-25)18-3-2-14-31-18)20(29)27-8-6-26(7-9-27)19-4-5-22-21(23-19)28-10-12-30-13-11-28/h2-5,14-15H,6-13H2,1H3. The van der Waals surface area contributed by atoms with E-state index in [-0.39, 0.29) is 5.91 Å². The van der Waals surface area contributed by atoms with Crippen LogP contribution < -0.4 is 9.80 Å². The van der Waals surface area contributed by atoms with E-state index in [0.29, 0.717) is 32.0 Å². The average Bonchev–Trinajstić information content (AvgIpc) is 3.49. The van der Waals surface area contributed by atoms with Crippen molar-refractivity contribution in [3.63, 3.8) is 0 Å². The van der Waals surface area contributed by atoms with Crippen molar-refractivity contribution in [3.8, 4) is 10.6 Å². The fourth-order valence-corrected chi connectivity index (χ4v) is 4.63. The first-order chi connectivity index (χ1) is 15.2. The molecule has 0 aliphatic carbocycles. The number of morpholine rings is 1. The smallest absolute Gasteiger partial charge is 0.272 e. The van der Waals surface area contributed by atoms with Gasteiger partial charge in [0.1, 0.15) is 17.2 Å². The number of carbonyl (C=O) groups excluding carboxylic acids is 1. The summed E-state index contributed by atoms with van der Waals surface area (Å²) >= 11 is 1.62. The Labute approximate surface area is 184 Å². The van der Waals surface area contributed by atoms with Gasteiger partial charge in [-0.1, -0.05) is 6.07 Å². The van der Waals surface area contributed by atoms with Crippen molar-refractivity contribution in [3.05, 3.63) is 41.5 Å². The Morgan fingerprint density at radius 2 is 1.87 bits per heavy atom. The highest BCUT2D eigenvalue weighted by atomic mass is 32.1. The van der Waals surface area contributed by atoms with Gasteiger partial charge in [0.15, 0.2) is 0 Å². The van der Waals surface area contributed by atoms with Crippen LogP contribution in [0, 0.1) is 0 Å². The molecular weight excluding hydrogens is 414 g/mol. The first kappa shape index (κ1) is 20.0. The monoisotopic (exact) mass is 439 g/mol. The van der Waals surface area contributed by atoms with Gasteiger partial charge in [0.25, 0.3) is 5.91 Å². The molecule has 5 heterocycles. The molecule has 0 aromatic carbocycles. The number of nitrogens with zero attached hydrogens (tertiary/aromatic N) is 7. The molecule has 3 aromatic rings. The summed E-state index contributed by atoms with van der Waals surface area (Å²) in [6, 6.07) is 7.84. The lowest BCUT2D eigenvalue weighted by Crippen LogP contribution is -2.49. The van der Waals surface area contributed by atoms with E-state index >= 15 is 0 Å². The fraction of sp³-hybridized carbons (Fsp3) is 0.429. The molecule has 5 rings (SSSR count). The van der Waals surface area contributed by atoms with Crippen molar-refractivity contribution < 1.29 is 9.53 Å². The van der Waals surface area contributed by atoms with Crippen molar-refractivity contribution in [1.29, 1.82) is 0 Å². The molecule has 0 atom stereocenters. The third-order valence-corrected chi connectivity index (χ3v) is 6.58. The summed E-state index contributed by atoms with van der Waals surface area (Å²) in [5.74, 6) is 1.67. The zero-order chi connectivity index (χ0) is 21.2. The lowest BCUT2D eigenvalue weighted by atomic mass is 10.2. The lowest BCUT2D eigenvalue weighted by molar-refractivity contribution is 0.0735. The number of aromatic nitrogens is 4. The van der Waals surface area contributed by atoms with E-state index < -0.39 is 0 Å². The molecule has 3 aromatic heterocycles. The van der Waals surface area contributed by atoms with E-state index in [4.69, 9.17) is 9.72 Å². The minimum absolute atomic E-state index is 0.0224.